The third-order valence-electron chi connectivity index (χ3n) is 3.00. The molecule has 2 unspecified atom stereocenters. The molecule has 1 aliphatic rings. The van der Waals surface area contributed by atoms with Gasteiger partial charge in [0.15, 0.2) is 0 Å². The first-order valence-corrected chi connectivity index (χ1v) is 5.16. The van der Waals surface area contributed by atoms with E-state index >= 15 is 0 Å². The van der Waals surface area contributed by atoms with Crippen molar-refractivity contribution in [1.82, 2.24) is 4.90 Å². The average Bonchev–Trinajstić information content (AvgIpc) is 2.43. The number of aliphatic hydroxyl groups is 1. The second kappa shape index (κ2) is 4.83. The third kappa shape index (κ3) is 2.20. The molecule has 0 aromatic heterocycles. The summed E-state index contributed by atoms with van der Waals surface area (Å²) < 4.78 is 0. The number of nitrogens with zero attached hydrogens (tertiary/aromatic N) is 1. The van der Waals surface area contributed by atoms with Crippen LogP contribution in [0.15, 0.2) is 0 Å². The summed E-state index contributed by atoms with van der Waals surface area (Å²) in [5.41, 5.74) is 0. The van der Waals surface area contributed by atoms with Gasteiger partial charge in [0, 0.05) is 25.2 Å². The lowest BCUT2D eigenvalue weighted by molar-refractivity contribution is 0.175. The number of likely N-dealkylation sites (tertiary alicyclic amines) is 1. The predicted molar refractivity (Wildman–Crippen MR) is 51.2 cm³/mol. The minimum absolute atomic E-state index is 0.333. The van der Waals surface area contributed by atoms with Crippen molar-refractivity contribution in [3.63, 3.8) is 0 Å². The van der Waals surface area contributed by atoms with Crippen molar-refractivity contribution in [2.24, 2.45) is 0 Å². The molecule has 1 N–H and O–H groups in total. The molecule has 0 bridgehead atoms. The Morgan fingerprint density at radius 2 is 2.17 bits per heavy atom. The molecule has 2 heteroatoms. The van der Waals surface area contributed by atoms with Gasteiger partial charge in [-0.25, -0.2) is 0 Å². The summed E-state index contributed by atoms with van der Waals surface area (Å²) in [6.07, 6.45) is 4.88. The Balaban J connectivity index is 2.35. The molecule has 1 aliphatic heterocycles. The van der Waals surface area contributed by atoms with Crippen LogP contribution in [0.4, 0.5) is 0 Å². The molecule has 1 saturated heterocycles. The van der Waals surface area contributed by atoms with Gasteiger partial charge < -0.3 is 5.11 Å². The van der Waals surface area contributed by atoms with E-state index < -0.39 is 0 Å². The molecule has 0 aromatic carbocycles. The Hall–Kier alpha value is -0.0800. The van der Waals surface area contributed by atoms with E-state index in [-0.39, 0.29) is 0 Å². The molecule has 0 amide bonds. The highest BCUT2D eigenvalue weighted by Crippen LogP contribution is 2.25. The summed E-state index contributed by atoms with van der Waals surface area (Å²) in [6, 6.07) is 1.52. The Labute approximate surface area is 75.6 Å². The van der Waals surface area contributed by atoms with Crippen LogP contribution in [0.3, 0.4) is 0 Å². The van der Waals surface area contributed by atoms with Gasteiger partial charge in [-0.1, -0.05) is 6.92 Å². The van der Waals surface area contributed by atoms with Crippen LogP contribution >= 0.6 is 0 Å². The van der Waals surface area contributed by atoms with Crippen LogP contribution in [0.5, 0.6) is 0 Å². The van der Waals surface area contributed by atoms with E-state index in [0.717, 1.165) is 25.0 Å². The fourth-order valence-electron chi connectivity index (χ4n) is 2.22. The molecular weight excluding hydrogens is 150 g/mol. The maximum atomic E-state index is 8.75. The zero-order chi connectivity index (χ0) is 8.97. The zero-order valence-corrected chi connectivity index (χ0v) is 8.29. The molecule has 72 valence electrons. The van der Waals surface area contributed by atoms with E-state index in [1.54, 1.807) is 0 Å². The van der Waals surface area contributed by atoms with Crippen LogP contribution in [0.2, 0.25) is 0 Å². The quantitative estimate of drug-likeness (QED) is 0.695. The molecule has 0 radical (unpaired) electrons. The first-order valence-electron chi connectivity index (χ1n) is 5.16. The summed E-state index contributed by atoms with van der Waals surface area (Å²) in [7, 11) is 0. The van der Waals surface area contributed by atoms with Gasteiger partial charge in [0.05, 0.1) is 0 Å². The standard InChI is InChI=1S/C10H21NO/c1-3-10-6-5-9(2)11(10)7-4-8-12/h9-10,12H,3-8H2,1-2H3. The van der Waals surface area contributed by atoms with E-state index in [1.165, 1.54) is 19.3 Å². The van der Waals surface area contributed by atoms with Crippen molar-refractivity contribution >= 4 is 0 Å². The first kappa shape index (κ1) is 10.0. The maximum absolute atomic E-state index is 8.75. The first-order chi connectivity index (χ1) is 5.79. The Morgan fingerprint density at radius 3 is 2.75 bits per heavy atom. The minimum Gasteiger partial charge on any atom is -0.396 e. The molecule has 1 fully saturated rings. The van der Waals surface area contributed by atoms with Gasteiger partial charge in [-0.3, -0.25) is 4.90 Å². The van der Waals surface area contributed by atoms with E-state index in [0.29, 0.717) is 6.61 Å². The Bertz CT molecular complexity index is 127. The Kier molecular flexibility index (Phi) is 4.02. The van der Waals surface area contributed by atoms with Gasteiger partial charge in [0.1, 0.15) is 0 Å². The van der Waals surface area contributed by atoms with E-state index in [4.69, 9.17) is 5.11 Å². The maximum Gasteiger partial charge on any atom is 0.0443 e. The topological polar surface area (TPSA) is 23.5 Å². The van der Waals surface area contributed by atoms with Crippen molar-refractivity contribution in [2.75, 3.05) is 13.2 Å². The van der Waals surface area contributed by atoms with Gasteiger partial charge >= 0.3 is 0 Å². The zero-order valence-electron chi connectivity index (χ0n) is 8.29. The molecule has 0 aromatic rings. The molecule has 12 heavy (non-hydrogen) atoms. The normalized spacial score (nSPS) is 31.2. The molecular formula is C10H21NO. The third-order valence-corrected chi connectivity index (χ3v) is 3.00. The van der Waals surface area contributed by atoms with Gasteiger partial charge in [-0.2, -0.15) is 0 Å². The predicted octanol–water partition coefficient (Wildman–Crippen LogP) is 1.63. The summed E-state index contributed by atoms with van der Waals surface area (Å²) in [6.45, 7) is 5.97. The Morgan fingerprint density at radius 1 is 1.42 bits per heavy atom. The van der Waals surface area contributed by atoms with Crippen LogP contribution < -0.4 is 0 Å². The highest BCUT2D eigenvalue weighted by molar-refractivity contribution is 4.83. The minimum atomic E-state index is 0.333. The van der Waals surface area contributed by atoms with E-state index in [2.05, 4.69) is 18.7 Å². The fraction of sp³-hybridized carbons (Fsp3) is 1.00. The second-order valence-corrected chi connectivity index (χ2v) is 3.80. The van der Waals surface area contributed by atoms with Crippen molar-refractivity contribution in [3.8, 4) is 0 Å². The van der Waals surface area contributed by atoms with E-state index in [9.17, 15) is 0 Å². The lowest BCUT2D eigenvalue weighted by Crippen LogP contribution is -2.35. The average molecular weight is 171 g/mol. The van der Waals surface area contributed by atoms with Crippen LogP contribution in [0, 0.1) is 0 Å². The second-order valence-electron chi connectivity index (χ2n) is 3.80. The van der Waals surface area contributed by atoms with Gasteiger partial charge in [0.2, 0.25) is 0 Å². The van der Waals surface area contributed by atoms with Crippen molar-refractivity contribution in [2.45, 2.75) is 51.6 Å². The lowest BCUT2D eigenvalue weighted by Gasteiger charge is -2.27. The van der Waals surface area contributed by atoms with Crippen LogP contribution in [-0.2, 0) is 0 Å². The molecule has 1 rings (SSSR count). The molecule has 2 nitrogen and oxygen atoms in total. The fourth-order valence-corrected chi connectivity index (χ4v) is 2.22. The van der Waals surface area contributed by atoms with Crippen LogP contribution in [0.1, 0.15) is 39.5 Å². The van der Waals surface area contributed by atoms with E-state index in [1.807, 2.05) is 0 Å². The van der Waals surface area contributed by atoms with Crippen molar-refractivity contribution in [3.05, 3.63) is 0 Å². The summed E-state index contributed by atoms with van der Waals surface area (Å²) in [4.78, 5) is 2.55. The van der Waals surface area contributed by atoms with Crippen molar-refractivity contribution in [1.29, 1.82) is 0 Å². The molecule has 0 aliphatic carbocycles. The summed E-state index contributed by atoms with van der Waals surface area (Å²) >= 11 is 0. The number of hydrogen-bond acceptors (Lipinski definition) is 2. The molecule has 0 saturated carbocycles. The van der Waals surface area contributed by atoms with Gasteiger partial charge in [-0.05, 0) is 32.6 Å². The lowest BCUT2D eigenvalue weighted by atomic mass is 10.1. The number of aliphatic hydroxyl groups excluding tert-OH is 1. The molecule has 0 spiro atoms. The number of rotatable bonds is 4. The summed E-state index contributed by atoms with van der Waals surface area (Å²) in [5, 5.41) is 8.75. The van der Waals surface area contributed by atoms with Gasteiger partial charge in [-0.15, -0.1) is 0 Å². The van der Waals surface area contributed by atoms with Gasteiger partial charge in [0.25, 0.3) is 0 Å². The smallest absolute Gasteiger partial charge is 0.0443 e. The van der Waals surface area contributed by atoms with Crippen molar-refractivity contribution < 1.29 is 5.11 Å². The monoisotopic (exact) mass is 171 g/mol. The summed E-state index contributed by atoms with van der Waals surface area (Å²) in [5.74, 6) is 0. The SMILES string of the molecule is CCC1CCC(C)N1CCCO. The van der Waals surface area contributed by atoms with Crippen LogP contribution in [0.25, 0.3) is 0 Å². The number of hydrogen-bond donors (Lipinski definition) is 1. The largest absolute Gasteiger partial charge is 0.396 e. The highest BCUT2D eigenvalue weighted by Gasteiger charge is 2.28. The van der Waals surface area contributed by atoms with Crippen LogP contribution in [-0.4, -0.2) is 35.2 Å². The molecule has 1 heterocycles. The molecule has 2 atom stereocenters. The highest BCUT2D eigenvalue weighted by atomic mass is 16.3.